The van der Waals surface area contributed by atoms with E-state index in [0.29, 0.717) is 0 Å². The fourth-order valence-corrected chi connectivity index (χ4v) is 10.9. The normalized spacial score (nSPS) is 30.6. The first-order valence-corrected chi connectivity index (χ1v) is 12.5. The fraction of sp³-hybridized carbons (Fsp3) is 1.00. The largest absolute Gasteiger partial charge is 0.452 e. The summed E-state index contributed by atoms with van der Waals surface area (Å²) in [5.41, 5.74) is -0.386. The molecule has 2 atom stereocenters. The van der Waals surface area contributed by atoms with Crippen molar-refractivity contribution in [3.63, 3.8) is 0 Å². The maximum absolute atomic E-state index is 6.35. The Bertz CT molecular complexity index is 250. The smallest absolute Gasteiger partial charge is 0.244 e. The van der Waals surface area contributed by atoms with Crippen LogP contribution in [0, 0.1) is 0 Å². The van der Waals surface area contributed by atoms with Gasteiger partial charge in [0.2, 0.25) is 13.7 Å². The summed E-state index contributed by atoms with van der Waals surface area (Å²) in [6.45, 7) is 16.1. The molecule has 0 amide bonds. The monoisotopic (exact) mass is 262 g/mol. The molecule has 0 radical (unpaired) electrons. The predicted molar refractivity (Wildman–Crippen MR) is 71.4 cm³/mol. The van der Waals surface area contributed by atoms with E-state index >= 15 is 0 Å². The van der Waals surface area contributed by atoms with Crippen molar-refractivity contribution >= 4 is 16.6 Å². The molecule has 96 valence electrons. The zero-order valence-corrected chi connectivity index (χ0v) is 13.7. The van der Waals surface area contributed by atoms with Gasteiger partial charge in [0.25, 0.3) is 0 Å². The maximum Gasteiger partial charge on any atom is 0.244 e. The molecule has 5 heteroatoms. The van der Waals surface area contributed by atoms with Crippen molar-refractivity contribution in [3.05, 3.63) is 0 Å². The lowest BCUT2D eigenvalue weighted by Crippen LogP contribution is -2.56. The first-order valence-electron chi connectivity index (χ1n) is 6.16. The summed E-state index contributed by atoms with van der Waals surface area (Å²) in [6.07, 6.45) is 1.21. The van der Waals surface area contributed by atoms with Gasteiger partial charge in [-0.2, -0.15) is 0 Å². The van der Waals surface area contributed by atoms with Gasteiger partial charge in [-0.05, 0) is 46.1 Å². The molecule has 0 aliphatic carbocycles. The summed E-state index contributed by atoms with van der Waals surface area (Å²) in [5, 5.41) is 0. The van der Waals surface area contributed by atoms with E-state index in [4.69, 9.17) is 13.6 Å². The molecule has 0 saturated carbocycles. The summed E-state index contributed by atoms with van der Waals surface area (Å²) < 4.78 is 18.1. The van der Waals surface area contributed by atoms with E-state index in [0.717, 1.165) is 13.0 Å². The van der Waals surface area contributed by atoms with E-state index in [1.54, 1.807) is 0 Å². The molecule has 1 aliphatic rings. The fourth-order valence-electron chi connectivity index (χ4n) is 2.28. The average Bonchev–Trinajstić information content (AvgIpc) is 2.71. The van der Waals surface area contributed by atoms with Gasteiger partial charge in [-0.1, -0.05) is 6.92 Å². The molecule has 3 nitrogen and oxygen atoms in total. The molecule has 0 spiro atoms. The second-order valence-corrected chi connectivity index (χ2v) is 14.8. The van der Waals surface area contributed by atoms with E-state index < -0.39 is 16.6 Å². The maximum atomic E-state index is 6.35. The van der Waals surface area contributed by atoms with Gasteiger partial charge in [0.1, 0.15) is 6.10 Å². The van der Waals surface area contributed by atoms with Crippen LogP contribution in [0.3, 0.4) is 0 Å². The predicted octanol–water partition coefficient (Wildman–Crippen LogP) is 3.12. The lowest BCUT2D eigenvalue weighted by Gasteiger charge is -2.35. The van der Waals surface area contributed by atoms with E-state index in [2.05, 4.69) is 46.6 Å². The molecule has 1 saturated heterocycles. The number of hydrogen-bond acceptors (Lipinski definition) is 3. The molecular formula is C11H26O3Si2. The molecule has 1 fully saturated rings. The van der Waals surface area contributed by atoms with Crippen molar-refractivity contribution in [2.45, 2.75) is 64.5 Å². The first-order chi connectivity index (χ1) is 7.15. The Kier molecular flexibility index (Phi) is 4.07. The number of hydrogen-bond donors (Lipinski definition) is 0. The second kappa shape index (κ2) is 4.53. The van der Waals surface area contributed by atoms with Crippen LogP contribution in [0.1, 0.15) is 20.3 Å². The van der Waals surface area contributed by atoms with Crippen LogP contribution in [0.25, 0.3) is 0 Å². The van der Waals surface area contributed by atoms with E-state index in [1.807, 2.05) is 0 Å². The Balaban J connectivity index is 2.72. The standard InChI is InChI=1S/C11H26O3Si2/c1-8-9-12-11(10(2)13-11)16(6,7)14-15(3,4)5/h10H,8-9H2,1-7H3. The van der Waals surface area contributed by atoms with Crippen LogP contribution in [0.2, 0.25) is 32.7 Å². The summed E-state index contributed by atoms with van der Waals surface area (Å²) in [4.78, 5) is 0. The van der Waals surface area contributed by atoms with Crippen molar-refractivity contribution in [2.24, 2.45) is 0 Å². The highest BCUT2D eigenvalue weighted by Gasteiger charge is 2.68. The van der Waals surface area contributed by atoms with Gasteiger partial charge in [0.15, 0.2) is 8.32 Å². The highest BCUT2D eigenvalue weighted by atomic mass is 28.4. The Morgan fingerprint density at radius 2 is 1.69 bits per heavy atom. The zero-order chi connectivity index (χ0) is 12.6. The third kappa shape index (κ3) is 2.95. The minimum absolute atomic E-state index is 0.192. The SMILES string of the molecule is CCCOC1([Si](C)(C)O[Si](C)(C)C)OC1C. The minimum Gasteiger partial charge on any atom is -0.452 e. The van der Waals surface area contributed by atoms with Crippen molar-refractivity contribution in [1.29, 1.82) is 0 Å². The van der Waals surface area contributed by atoms with Gasteiger partial charge in [0, 0.05) is 6.61 Å². The van der Waals surface area contributed by atoms with Crippen LogP contribution < -0.4 is 0 Å². The van der Waals surface area contributed by atoms with Gasteiger partial charge in [0.05, 0.1) is 0 Å². The minimum atomic E-state index is -1.94. The highest BCUT2D eigenvalue weighted by Crippen LogP contribution is 2.46. The molecule has 16 heavy (non-hydrogen) atoms. The van der Waals surface area contributed by atoms with Gasteiger partial charge < -0.3 is 13.6 Å². The third-order valence-corrected chi connectivity index (χ3v) is 9.59. The van der Waals surface area contributed by atoms with E-state index in [1.165, 1.54) is 0 Å². The molecule has 1 rings (SSSR count). The van der Waals surface area contributed by atoms with E-state index in [9.17, 15) is 0 Å². The third-order valence-electron chi connectivity index (χ3n) is 2.75. The van der Waals surface area contributed by atoms with Crippen LogP contribution in [0.5, 0.6) is 0 Å². The molecular weight excluding hydrogens is 236 g/mol. The molecule has 2 unspecified atom stereocenters. The Labute approximate surface area is 102 Å². The van der Waals surface area contributed by atoms with Crippen molar-refractivity contribution in [3.8, 4) is 0 Å². The van der Waals surface area contributed by atoms with Gasteiger partial charge in [-0.3, -0.25) is 0 Å². The molecule has 1 heterocycles. The summed E-state index contributed by atoms with van der Waals surface area (Å²) in [5.74, 6) is 0. The molecule has 0 aromatic rings. The first kappa shape index (κ1) is 14.4. The molecule has 1 aliphatic heterocycles. The molecule has 0 N–H and O–H groups in total. The summed E-state index contributed by atoms with van der Waals surface area (Å²) in [7, 11) is -3.47. The lowest BCUT2D eigenvalue weighted by molar-refractivity contribution is 0.000361. The van der Waals surface area contributed by atoms with Crippen molar-refractivity contribution < 1.29 is 13.6 Å². The van der Waals surface area contributed by atoms with Crippen LogP contribution in [0.4, 0.5) is 0 Å². The number of ether oxygens (including phenoxy) is 2. The quantitative estimate of drug-likeness (QED) is 0.544. The summed E-state index contributed by atoms with van der Waals surface area (Å²) in [6, 6.07) is 0. The second-order valence-electron chi connectivity index (χ2n) is 6.00. The van der Waals surface area contributed by atoms with Crippen molar-refractivity contribution in [1.82, 2.24) is 0 Å². The lowest BCUT2D eigenvalue weighted by atomic mass is 10.5. The number of epoxide rings is 1. The Hall–Kier alpha value is 0.314. The van der Waals surface area contributed by atoms with Crippen LogP contribution >= 0.6 is 0 Å². The zero-order valence-electron chi connectivity index (χ0n) is 11.7. The van der Waals surface area contributed by atoms with Crippen LogP contribution in [0.15, 0.2) is 0 Å². The van der Waals surface area contributed by atoms with Gasteiger partial charge in [-0.25, -0.2) is 0 Å². The van der Waals surface area contributed by atoms with E-state index in [-0.39, 0.29) is 11.5 Å². The van der Waals surface area contributed by atoms with Crippen molar-refractivity contribution in [2.75, 3.05) is 6.61 Å². The average molecular weight is 262 g/mol. The molecule has 0 bridgehead atoms. The summed E-state index contributed by atoms with van der Waals surface area (Å²) >= 11 is 0. The number of rotatable bonds is 6. The topological polar surface area (TPSA) is 31.0 Å². The Morgan fingerprint density at radius 3 is 2.00 bits per heavy atom. The van der Waals surface area contributed by atoms with Crippen LogP contribution in [-0.4, -0.2) is 34.8 Å². The highest BCUT2D eigenvalue weighted by molar-refractivity contribution is 6.86. The Morgan fingerprint density at radius 1 is 1.19 bits per heavy atom. The van der Waals surface area contributed by atoms with Gasteiger partial charge in [-0.15, -0.1) is 0 Å². The molecule has 0 aromatic heterocycles. The van der Waals surface area contributed by atoms with Crippen LogP contribution in [-0.2, 0) is 13.6 Å². The van der Waals surface area contributed by atoms with Gasteiger partial charge >= 0.3 is 0 Å². The molecule has 0 aromatic carbocycles.